The summed E-state index contributed by atoms with van der Waals surface area (Å²) >= 11 is 0. The highest BCUT2D eigenvalue weighted by Gasteiger charge is 2.52. The molecule has 0 bridgehead atoms. The maximum absolute atomic E-state index is 12.1. The molecule has 0 spiro atoms. The summed E-state index contributed by atoms with van der Waals surface area (Å²) < 4.78 is 5.20. The van der Waals surface area contributed by atoms with E-state index in [4.69, 9.17) is 4.74 Å². The first-order valence-corrected chi connectivity index (χ1v) is 7.33. The Labute approximate surface area is 126 Å². The second-order valence-electron chi connectivity index (χ2n) is 5.38. The van der Waals surface area contributed by atoms with Gasteiger partial charge in [-0.25, -0.2) is 0 Å². The minimum absolute atomic E-state index is 0.0977. The van der Waals surface area contributed by atoms with Gasteiger partial charge < -0.3 is 4.74 Å². The molecule has 0 N–H and O–H groups in total. The first-order chi connectivity index (χ1) is 10.1. The van der Waals surface area contributed by atoms with Crippen LogP contribution in [0.15, 0.2) is 55.1 Å². The van der Waals surface area contributed by atoms with Gasteiger partial charge in [0.2, 0.25) is 0 Å². The summed E-state index contributed by atoms with van der Waals surface area (Å²) in [5.74, 6) is -0.0977. The van der Waals surface area contributed by atoms with Crippen LogP contribution in [0.25, 0.3) is 5.57 Å². The van der Waals surface area contributed by atoms with E-state index in [2.05, 4.69) is 13.2 Å². The average molecular weight is 282 g/mol. The lowest BCUT2D eigenvalue weighted by molar-refractivity contribution is -0.146. The number of hydrogen-bond donors (Lipinski definition) is 0. The number of hydrogen-bond acceptors (Lipinski definition) is 2. The van der Waals surface area contributed by atoms with Gasteiger partial charge in [-0.2, -0.15) is 0 Å². The van der Waals surface area contributed by atoms with Crippen molar-refractivity contribution in [1.82, 2.24) is 0 Å². The molecule has 1 saturated carbocycles. The Hall–Kier alpha value is -2.09. The van der Waals surface area contributed by atoms with Gasteiger partial charge in [-0.15, -0.1) is 0 Å². The summed E-state index contributed by atoms with van der Waals surface area (Å²) in [5, 5.41) is 0. The lowest BCUT2D eigenvalue weighted by Gasteiger charge is -2.15. The predicted octanol–water partition coefficient (Wildman–Crippen LogP) is 4.43. The third-order valence-corrected chi connectivity index (χ3v) is 4.10. The van der Waals surface area contributed by atoms with Gasteiger partial charge in [0.1, 0.15) is 0 Å². The Morgan fingerprint density at radius 3 is 2.29 bits per heavy atom. The van der Waals surface area contributed by atoms with Crippen LogP contribution in [0.3, 0.4) is 0 Å². The van der Waals surface area contributed by atoms with Crippen LogP contribution in [0.2, 0.25) is 0 Å². The van der Waals surface area contributed by atoms with Crippen molar-refractivity contribution in [2.75, 3.05) is 6.61 Å². The van der Waals surface area contributed by atoms with Crippen LogP contribution in [0, 0.1) is 0 Å². The molecule has 21 heavy (non-hydrogen) atoms. The molecule has 110 valence electrons. The molecule has 0 unspecified atom stereocenters. The number of carbonyl (C=O) groups excluding carboxylic acids is 1. The minimum atomic E-state index is -0.403. The van der Waals surface area contributed by atoms with Gasteiger partial charge in [0, 0.05) is 0 Å². The Balaban J connectivity index is 2.30. The topological polar surface area (TPSA) is 26.3 Å². The summed E-state index contributed by atoms with van der Waals surface area (Å²) in [6.45, 7) is 11.9. The van der Waals surface area contributed by atoms with Crippen molar-refractivity contribution in [3.63, 3.8) is 0 Å². The second-order valence-corrected chi connectivity index (χ2v) is 5.38. The highest BCUT2D eigenvalue weighted by atomic mass is 16.5. The van der Waals surface area contributed by atoms with Crippen molar-refractivity contribution >= 4 is 11.5 Å². The number of rotatable bonds is 6. The van der Waals surface area contributed by atoms with E-state index in [0.717, 1.165) is 35.1 Å². The third-order valence-electron chi connectivity index (χ3n) is 4.10. The van der Waals surface area contributed by atoms with Gasteiger partial charge in [0.25, 0.3) is 0 Å². The summed E-state index contributed by atoms with van der Waals surface area (Å²) in [4.78, 5) is 12.1. The fraction of sp³-hybridized carbons (Fsp3) is 0.316. The summed E-state index contributed by atoms with van der Waals surface area (Å²) in [6, 6.07) is 8.13. The molecule has 0 aromatic heterocycles. The van der Waals surface area contributed by atoms with E-state index in [1.165, 1.54) is 0 Å². The molecular formula is C19H22O2. The van der Waals surface area contributed by atoms with Crippen LogP contribution in [0.5, 0.6) is 0 Å². The van der Waals surface area contributed by atoms with Gasteiger partial charge >= 0.3 is 5.97 Å². The molecule has 0 heterocycles. The quantitative estimate of drug-likeness (QED) is 0.570. The SMILES string of the molecule is C=C/C(C)=C(/C=C)c1ccc(C2(C(=O)OCC)CC2)cc1. The van der Waals surface area contributed by atoms with Crippen LogP contribution < -0.4 is 0 Å². The van der Waals surface area contributed by atoms with E-state index < -0.39 is 5.41 Å². The van der Waals surface area contributed by atoms with Crippen molar-refractivity contribution in [1.29, 1.82) is 0 Å². The van der Waals surface area contributed by atoms with Crippen molar-refractivity contribution < 1.29 is 9.53 Å². The Bertz CT molecular complexity index is 586. The number of esters is 1. The molecule has 1 aromatic rings. The first kappa shape index (κ1) is 15.3. The first-order valence-electron chi connectivity index (χ1n) is 7.33. The molecule has 1 fully saturated rings. The van der Waals surface area contributed by atoms with Crippen LogP contribution in [-0.4, -0.2) is 12.6 Å². The number of benzene rings is 1. The monoisotopic (exact) mass is 282 g/mol. The average Bonchev–Trinajstić information content (AvgIpc) is 3.30. The minimum Gasteiger partial charge on any atom is -0.465 e. The van der Waals surface area contributed by atoms with E-state index in [-0.39, 0.29) is 5.97 Å². The van der Waals surface area contributed by atoms with Crippen molar-refractivity contribution in [2.24, 2.45) is 0 Å². The standard InChI is InChI=1S/C19H22O2/c1-5-14(4)17(6-2)15-8-10-16(11-9-15)19(12-13-19)18(20)21-7-3/h5-6,8-11H,1-2,7,12-13H2,3-4H3/b17-14-. The molecule has 0 aliphatic heterocycles. The van der Waals surface area contributed by atoms with Crippen molar-refractivity contribution in [3.8, 4) is 0 Å². The van der Waals surface area contributed by atoms with E-state index in [0.29, 0.717) is 6.61 Å². The highest BCUT2D eigenvalue weighted by Crippen LogP contribution is 2.49. The lowest BCUT2D eigenvalue weighted by atomic mass is 9.92. The zero-order chi connectivity index (χ0) is 15.5. The predicted molar refractivity (Wildman–Crippen MR) is 87.0 cm³/mol. The number of ether oxygens (including phenoxy) is 1. The van der Waals surface area contributed by atoms with Gasteiger partial charge in [0.15, 0.2) is 0 Å². The maximum atomic E-state index is 12.1. The van der Waals surface area contributed by atoms with E-state index >= 15 is 0 Å². The third kappa shape index (κ3) is 2.85. The number of carbonyl (C=O) groups is 1. The molecule has 0 radical (unpaired) electrons. The molecule has 0 saturated heterocycles. The molecule has 1 aromatic carbocycles. The fourth-order valence-electron chi connectivity index (χ4n) is 2.59. The van der Waals surface area contributed by atoms with Gasteiger partial charge in [-0.1, -0.05) is 49.6 Å². The highest BCUT2D eigenvalue weighted by molar-refractivity contribution is 5.87. The van der Waals surface area contributed by atoms with Crippen LogP contribution in [0.1, 0.15) is 37.8 Å². The van der Waals surface area contributed by atoms with Crippen molar-refractivity contribution in [3.05, 3.63) is 66.3 Å². The van der Waals surface area contributed by atoms with E-state index in [1.54, 1.807) is 0 Å². The van der Waals surface area contributed by atoms with Crippen LogP contribution in [-0.2, 0) is 14.9 Å². The molecule has 1 aliphatic carbocycles. The Morgan fingerprint density at radius 2 is 1.86 bits per heavy atom. The summed E-state index contributed by atoms with van der Waals surface area (Å²) in [5.41, 5.74) is 3.89. The van der Waals surface area contributed by atoms with Crippen molar-refractivity contribution in [2.45, 2.75) is 32.1 Å². The zero-order valence-electron chi connectivity index (χ0n) is 12.8. The van der Waals surface area contributed by atoms with Gasteiger partial charge in [0.05, 0.1) is 12.0 Å². The van der Waals surface area contributed by atoms with E-state index in [9.17, 15) is 4.79 Å². The lowest BCUT2D eigenvalue weighted by Crippen LogP contribution is -2.23. The van der Waals surface area contributed by atoms with Gasteiger partial charge in [-0.3, -0.25) is 4.79 Å². The summed E-state index contributed by atoms with van der Waals surface area (Å²) in [6.07, 6.45) is 5.41. The normalized spacial score (nSPS) is 16.7. The molecule has 2 rings (SSSR count). The number of allylic oxidation sites excluding steroid dienone is 4. The maximum Gasteiger partial charge on any atom is 0.316 e. The van der Waals surface area contributed by atoms with Gasteiger partial charge in [-0.05, 0) is 49.0 Å². The zero-order valence-corrected chi connectivity index (χ0v) is 12.8. The smallest absolute Gasteiger partial charge is 0.316 e. The molecule has 0 amide bonds. The molecule has 2 nitrogen and oxygen atoms in total. The molecule has 2 heteroatoms. The van der Waals surface area contributed by atoms with Crippen LogP contribution in [0.4, 0.5) is 0 Å². The second kappa shape index (κ2) is 6.13. The Kier molecular flexibility index (Phi) is 4.46. The van der Waals surface area contributed by atoms with Crippen LogP contribution >= 0.6 is 0 Å². The summed E-state index contributed by atoms with van der Waals surface area (Å²) in [7, 11) is 0. The molecule has 1 aliphatic rings. The Morgan fingerprint density at radius 1 is 1.24 bits per heavy atom. The molecular weight excluding hydrogens is 260 g/mol. The largest absolute Gasteiger partial charge is 0.465 e. The van der Waals surface area contributed by atoms with E-state index in [1.807, 2.05) is 50.3 Å². The molecule has 0 atom stereocenters. The fourth-order valence-corrected chi connectivity index (χ4v) is 2.59.